The zero-order chi connectivity index (χ0) is 20.7. The fourth-order valence-corrected chi connectivity index (χ4v) is 5.17. The van der Waals surface area contributed by atoms with Crippen LogP contribution in [-0.2, 0) is 4.79 Å². The van der Waals surface area contributed by atoms with Gasteiger partial charge in [0, 0.05) is 32.8 Å². The summed E-state index contributed by atoms with van der Waals surface area (Å²) < 4.78 is 19.7. The summed E-state index contributed by atoms with van der Waals surface area (Å²) in [7, 11) is 1.55. The summed E-state index contributed by atoms with van der Waals surface area (Å²) in [5.74, 6) is -1.48. The molecule has 0 radical (unpaired) electrons. The van der Waals surface area contributed by atoms with E-state index in [2.05, 4.69) is 21.2 Å². The van der Waals surface area contributed by atoms with Crippen molar-refractivity contribution in [1.82, 2.24) is 0 Å². The molecule has 1 aromatic heterocycles. The van der Waals surface area contributed by atoms with Gasteiger partial charge in [0.2, 0.25) is 5.91 Å². The van der Waals surface area contributed by atoms with E-state index in [0.717, 1.165) is 26.3 Å². The molecule has 3 aromatic rings. The average molecular weight is 476 g/mol. The first-order valence-corrected chi connectivity index (χ1v) is 10.3. The number of benzene rings is 2. The minimum Gasteiger partial charge on any atom is -0.496 e. The highest BCUT2D eigenvalue weighted by atomic mass is 79.9. The van der Waals surface area contributed by atoms with Crippen molar-refractivity contribution >= 4 is 44.8 Å². The van der Waals surface area contributed by atoms with Crippen molar-refractivity contribution in [3.05, 3.63) is 68.1 Å². The van der Waals surface area contributed by atoms with Crippen molar-refractivity contribution in [3.8, 4) is 16.9 Å². The number of aromatic carboxylic acids is 1. The molecule has 1 amide bonds. The van der Waals surface area contributed by atoms with Crippen molar-refractivity contribution in [1.29, 1.82) is 0 Å². The van der Waals surface area contributed by atoms with Gasteiger partial charge >= 0.3 is 5.97 Å². The van der Waals surface area contributed by atoms with Gasteiger partial charge in [0.05, 0.1) is 12.8 Å². The lowest BCUT2D eigenvalue weighted by molar-refractivity contribution is -0.116. The Morgan fingerprint density at radius 1 is 1.28 bits per heavy atom. The summed E-state index contributed by atoms with van der Waals surface area (Å²) in [5.41, 5.74) is 2.18. The summed E-state index contributed by atoms with van der Waals surface area (Å²) in [6.07, 6.45) is 0.169. The first-order chi connectivity index (χ1) is 13.9. The monoisotopic (exact) mass is 475 g/mol. The fraction of sp³-hybridized carbons (Fsp3) is 0.143. The normalized spacial score (nSPS) is 15.6. The molecule has 4 rings (SSSR count). The number of rotatable bonds is 4. The lowest BCUT2D eigenvalue weighted by atomic mass is 9.88. The Labute approximate surface area is 178 Å². The third-order valence-electron chi connectivity index (χ3n) is 4.80. The Morgan fingerprint density at radius 2 is 2.00 bits per heavy atom. The topological polar surface area (TPSA) is 75.6 Å². The molecule has 1 atom stereocenters. The molecule has 0 spiro atoms. The molecular weight excluding hydrogens is 461 g/mol. The molecule has 0 fully saturated rings. The second kappa shape index (κ2) is 7.61. The Balaban J connectivity index is 1.96. The SMILES string of the molecule is COc1ccc(Br)cc1[C@@H]1CC(=O)Nc2c1sc(C(=O)O)c2-c1ccc(F)cc1. The van der Waals surface area contributed by atoms with Crippen LogP contribution in [0.5, 0.6) is 5.75 Å². The number of hydrogen-bond acceptors (Lipinski definition) is 4. The van der Waals surface area contributed by atoms with E-state index in [1.165, 1.54) is 24.3 Å². The van der Waals surface area contributed by atoms with Gasteiger partial charge in [0.25, 0.3) is 0 Å². The maximum atomic E-state index is 13.4. The average Bonchev–Trinajstić information content (AvgIpc) is 3.07. The van der Waals surface area contributed by atoms with Gasteiger partial charge < -0.3 is 15.2 Å². The molecule has 0 saturated carbocycles. The number of nitrogens with one attached hydrogen (secondary N) is 1. The number of thiophene rings is 1. The van der Waals surface area contributed by atoms with Crippen LogP contribution in [0.25, 0.3) is 11.1 Å². The van der Waals surface area contributed by atoms with Crippen molar-refractivity contribution in [2.45, 2.75) is 12.3 Å². The van der Waals surface area contributed by atoms with Crippen molar-refractivity contribution in [2.24, 2.45) is 0 Å². The zero-order valence-corrected chi connectivity index (χ0v) is 17.6. The molecule has 1 aliphatic rings. The highest BCUT2D eigenvalue weighted by molar-refractivity contribution is 9.10. The Kier molecular flexibility index (Phi) is 5.14. The van der Waals surface area contributed by atoms with Gasteiger partial charge in [0.15, 0.2) is 0 Å². The number of hydrogen-bond donors (Lipinski definition) is 2. The molecule has 2 heterocycles. The van der Waals surface area contributed by atoms with E-state index >= 15 is 0 Å². The van der Waals surface area contributed by atoms with Crippen LogP contribution >= 0.6 is 27.3 Å². The van der Waals surface area contributed by atoms with Crippen molar-refractivity contribution in [2.75, 3.05) is 12.4 Å². The van der Waals surface area contributed by atoms with Crippen LogP contribution in [-0.4, -0.2) is 24.1 Å². The molecule has 29 heavy (non-hydrogen) atoms. The second-order valence-electron chi connectivity index (χ2n) is 6.55. The minimum atomic E-state index is -1.10. The van der Waals surface area contributed by atoms with E-state index in [0.29, 0.717) is 22.6 Å². The fourth-order valence-electron chi connectivity index (χ4n) is 3.56. The first-order valence-electron chi connectivity index (χ1n) is 8.68. The van der Waals surface area contributed by atoms with E-state index in [1.54, 1.807) is 13.2 Å². The van der Waals surface area contributed by atoms with Crippen LogP contribution in [0.3, 0.4) is 0 Å². The second-order valence-corrected chi connectivity index (χ2v) is 8.52. The molecular formula is C21H15BrFNO4S. The molecule has 8 heteroatoms. The number of methoxy groups -OCH3 is 1. The number of amides is 1. The summed E-state index contributed by atoms with van der Waals surface area (Å²) >= 11 is 4.57. The third kappa shape index (κ3) is 3.54. The highest BCUT2D eigenvalue weighted by Crippen LogP contribution is 2.51. The van der Waals surface area contributed by atoms with Gasteiger partial charge in [-0.15, -0.1) is 11.3 Å². The smallest absolute Gasteiger partial charge is 0.346 e. The number of carboxylic acids is 1. The number of ether oxygens (including phenoxy) is 1. The van der Waals surface area contributed by atoms with Crippen molar-refractivity contribution in [3.63, 3.8) is 0 Å². The first kappa shape index (κ1) is 19.6. The minimum absolute atomic E-state index is 0.0998. The Morgan fingerprint density at radius 3 is 2.66 bits per heavy atom. The van der Waals surface area contributed by atoms with E-state index < -0.39 is 11.8 Å². The largest absolute Gasteiger partial charge is 0.496 e. The summed E-state index contributed by atoms with van der Waals surface area (Å²) in [6.45, 7) is 0. The molecule has 5 nitrogen and oxygen atoms in total. The Hall–Kier alpha value is -2.71. The molecule has 2 aromatic carbocycles. The van der Waals surface area contributed by atoms with Gasteiger partial charge in [-0.3, -0.25) is 4.79 Å². The Bertz CT molecular complexity index is 1130. The van der Waals surface area contributed by atoms with E-state index in [1.807, 2.05) is 12.1 Å². The zero-order valence-electron chi connectivity index (χ0n) is 15.2. The third-order valence-corrected chi connectivity index (χ3v) is 6.58. The standard InChI is InChI=1S/C21H15BrFNO4S/c1-28-15-7-4-11(22)8-13(15)14-9-16(25)24-18-17(10-2-5-12(23)6-3-10)20(21(26)27)29-19(14)18/h2-8,14H,9H2,1H3,(H,24,25)(H,26,27)/t14-/m0/s1. The maximum absolute atomic E-state index is 13.4. The number of anilines is 1. The van der Waals surface area contributed by atoms with Crippen LogP contribution in [0.1, 0.15) is 32.5 Å². The number of fused-ring (bicyclic) bond motifs is 1. The molecule has 0 bridgehead atoms. The molecule has 0 unspecified atom stereocenters. The van der Waals surface area contributed by atoms with E-state index in [9.17, 15) is 19.1 Å². The lowest BCUT2D eigenvalue weighted by Crippen LogP contribution is -2.22. The van der Waals surface area contributed by atoms with Crippen LogP contribution in [0.4, 0.5) is 10.1 Å². The summed E-state index contributed by atoms with van der Waals surface area (Å²) in [5, 5.41) is 12.6. The van der Waals surface area contributed by atoms with Gasteiger partial charge in [-0.05, 0) is 35.9 Å². The molecule has 148 valence electrons. The highest BCUT2D eigenvalue weighted by Gasteiger charge is 2.35. The molecule has 0 saturated heterocycles. The predicted octanol–water partition coefficient (Wildman–Crippen LogP) is 5.50. The van der Waals surface area contributed by atoms with Gasteiger partial charge in [-0.25, -0.2) is 9.18 Å². The number of carbonyl (C=O) groups is 2. The number of carbonyl (C=O) groups excluding carboxylic acids is 1. The summed E-state index contributed by atoms with van der Waals surface area (Å²) in [6, 6.07) is 11.1. The number of carboxylic acid groups (broad SMARTS) is 1. The lowest BCUT2D eigenvalue weighted by Gasteiger charge is -2.25. The van der Waals surface area contributed by atoms with Gasteiger partial charge in [0.1, 0.15) is 16.4 Å². The van der Waals surface area contributed by atoms with Gasteiger partial charge in [-0.1, -0.05) is 28.1 Å². The van der Waals surface area contributed by atoms with Gasteiger partial charge in [-0.2, -0.15) is 0 Å². The van der Waals surface area contributed by atoms with Crippen molar-refractivity contribution < 1.29 is 23.8 Å². The van der Waals surface area contributed by atoms with Crippen LogP contribution in [0.2, 0.25) is 0 Å². The predicted molar refractivity (Wildman–Crippen MR) is 112 cm³/mol. The molecule has 1 aliphatic heterocycles. The van der Waals surface area contributed by atoms with Crippen LogP contribution in [0.15, 0.2) is 46.9 Å². The molecule has 0 aliphatic carbocycles. The van der Waals surface area contributed by atoms with Crippen LogP contribution < -0.4 is 10.1 Å². The van der Waals surface area contributed by atoms with E-state index in [-0.39, 0.29) is 23.1 Å². The van der Waals surface area contributed by atoms with E-state index in [4.69, 9.17) is 4.74 Å². The van der Waals surface area contributed by atoms with Crippen LogP contribution in [0, 0.1) is 5.82 Å². The maximum Gasteiger partial charge on any atom is 0.346 e. The molecule has 2 N–H and O–H groups in total. The number of halogens is 2. The summed E-state index contributed by atoms with van der Waals surface area (Å²) in [4.78, 5) is 25.4. The quantitative estimate of drug-likeness (QED) is 0.522.